The van der Waals surface area contributed by atoms with Crippen molar-refractivity contribution in [2.45, 2.75) is 26.7 Å². The summed E-state index contributed by atoms with van der Waals surface area (Å²) >= 11 is 0. The maximum absolute atomic E-state index is 11.4. The highest BCUT2D eigenvalue weighted by atomic mass is 32.2. The Morgan fingerprint density at radius 2 is 1.86 bits per heavy atom. The molecule has 0 N–H and O–H groups in total. The minimum absolute atomic E-state index is 0.650. The summed E-state index contributed by atoms with van der Waals surface area (Å²) in [5, 5.41) is 1.04. The monoisotopic (exact) mass is 217 g/mol. The molecule has 1 aliphatic rings. The fourth-order valence-corrected chi connectivity index (χ4v) is 2.83. The molecule has 0 bridgehead atoms. The van der Waals surface area contributed by atoms with Crippen molar-refractivity contribution in [1.29, 1.82) is 0 Å². The number of rotatable bonds is 3. The quantitative estimate of drug-likeness (QED) is 0.723. The topological polar surface area (TPSA) is 37.4 Å². The van der Waals surface area contributed by atoms with Crippen molar-refractivity contribution < 1.29 is 8.42 Å². The van der Waals surface area contributed by atoms with Crippen LogP contribution in [-0.2, 0) is 10.0 Å². The van der Waals surface area contributed by atoms with Crippen LogP contribution in [0.3, 0.4) is 0 Å². The number of nitrogens with zero attached hydrogens (tertiary/aromatic N) is 1. The van der Waals surface area contributed by atoms with Gasteiger partial charge >= 0.3 is 0 Å². The molecular formula is C10H19NO2S. The number of hydrogen-bond donors (Lipinski definition) is 0. The van der Waals surface area contributed by atoms with Crippen LogP contribution in [0.4, 0.5) is 0 Å². The van der Waals surface area contributed by atoms with Crippen molar-refractivity contribution in [3.05, 3.63) is 12.0 Å². The second kappa shape index (κ2) is 4.45. The first-order chi connectivity index (χ1) is 6.47. The second-order valence-corrected chi connectivity index (χ2v) is 6.07. The second-order valence-electron chi connectivity index (χ2n) is 4.19. The molecule has 0 amide bonds. The molecule has 0 radical (unpaired) electrons. The summed E-state index contributed by atoms with van der Waals surface area (Å²) < 4.78 is 24.4. The van der Waals surface area contributed by atoms with Gasteiger partial charge in [-0.05, 0) is 24.7 Å². The lowest BCUT2D eigenvalue weighted by Crippen LogP contribution is -2.38. The molecule has 1 fully saturated rings. The van der Waals surface area contributed by atoms with Crippen LogP contribution in [0, 0.1) is 11.8 Å². The Morgan fingerprint density at radius 3 is 2.21 bits per heavy atom. The lowest BCUT2D eigenvalue weighted by Gasteiger charge is -2.32. The van der Waals surface area contributed by atoms with Crippen LogP contribution in [0.1, 0.15) is 26.7 Å². The molecule has 0 aliphatic carbocycles. The highest BCUT2D eigenvalue weighted by Gasteiger charge is 2.26. The Bertz CT molecular complexity index is 287. The van der Waals surface area contributed by atoms with E-state index in [9.17, 15) is 8.42 Å². The first-order valence-corrected chi connectivity index (χ1v) is 6.60. The van der Waals surface area contributed by atoms with Crippen molar-refractivity contribution in [2.24, 2.45) is 11.8 Å². The fourth-order valence-electron chi connectivity index (χ4n) is 1.90. The number of piperidine rings is 1. The van der Waals surface area contributed by atoms with E-state index in [1.807, 2.05) is 0 Å². The van der Waals surface area contributed by atoms with Gasteiger partial charge in [0.15, 0.2) is 0 Å². The van der Waals surface area contributed by atoms with E-state index in [0.29, 0.717) is 24.9 Å². The molecule has 1 rings (SSSR count). The summed E-state index contributed by atoms with van der Waals surface area (Å²) in [6.07, 6.45) is 1.95. The molecule has 82 valence electrons. The lowest BCUT2D eigenvalue weighted by molar-refractivity contribution is 0.228. The molecule has 1 heterocycles. The Balaban J connectivity index is 2.56. The van der Waals surface area contributed by atoms with E-state index in [1.165, 1.54) is 4.31 Å². The zero-order valence-electron chi connectivity index (χ0n) is 8.94. The Labute approximate surface area is 86.8 Å². The van der Waals surface area contributed by atoms with E-state index >= 15 is 0 Å². The van der Waals surface area contributed by atoms with Gasteiger partial charge in [-0.15, -0.1) is 0 Å². The van der Waals surface area contributed by atoms with Gasteiger partial charge in [-0.1, -0.05) is 20.4 Å². The molecule has 1 aliphatic heterocycles. The summed E-state index contributed by atoms with van der Waals surface area (Å²) in [5.41, 5.74) is 0. The molecule has 0 aromatic rings. The molecule has 0 unspecified atom stereocenters. The van der Waals surface area contributed by atoms with E-state index in [-0.39, 0.29) is 0 Å². The average molecular weight is 217 g/mol. The van der Waals surface area contributed by atoms with Gasteiger partial charge < -0.3 is 0 Å². The average Bonchev–Trinajstić information content (AvgIpc) is 2.18. The van der Waals surface area contributed by atoms with Crippen molar-refractivity contribution in [3.8, 4) is 0 Å². The molecule has 4 heteroatoms. The SMILES string of the molecule is C=CS(=O)(=O)N1CCC(C(C)C)CC1. The largest absolute Gasteiger partial charge is 0.235 e. The molecule has 0 spiro atoms. The minimum atomic E-state index is -3.17. The zero-order chi connectivity index (χ0) is 10.8. The highest BCUT2D eigenvalue weighted by Crippen LogP contribution is 2.25. The van der Waals surface area contributed by atoms with Crippen LogP contribution in [0.2, 0.25) is 0 Å². The van der Waals surface area contributed by atoms with Gasteiger partial charge in [0.25, 0.3) is 0 Å². The maximum Gasteiger partial charge on any atom is 0.235 e. The van der Waals surface area contributed by atoms with Crippen LogP contribution in [0.15, 0.2) is 12.0 Å². The van der Waals surface area contributed by atoms with Crippen LogP contribution in [-0.4, -0.2) is 25.8 Å². The van der Waals surface area contributed by atoms with Crippen molar-refractivity contribution in [3.63, 3.8) is 0 Å². The molecule has 3 nitrogen and oxygen atoms in total. The first kappa shape index (κ1) is 11.7. The molecule has 0 aromatic carbocycles. The van der Waals surface area contributed by atoms with E-state index in [0.717, 1.165) is 18.2 Å². The predicted molar refractivity (Wildman–Crippen MR) is 58.3 cm³/mol. The molecule has 14 heavy (non-hydrogen) atoms. The van der Waals surface area contributed by atoms with E-state index in [4.69, 9.17) is 0 Å². The summed E-state index contributed by atoms with van der Waals surface area (Å²) in [6, 6.07) is 0. The molecule has 0 saturated carbocycles. The Morgan fingerprint density at radius 1 is 1.36 bits per heavy atom. The normalized spacial score (nSPS) is 21.4. The van der Waals surface area contributed by atoms with Crippen LogP contribution >= 0.6 is 0 Å². The van der Waals surface area contributed by atoms with Gasteiger partial charge in [-0.2, -0.15) is 4.31 Å². The standard InChI is InChI=1S/C10H19NO2S/c1-4-14(12,13)11-7-5-10(6-8-11)9(2)3/h4,9-10H,1,5-8H2,2-3H3. The molecule has 0 aromatic heterocycles. The van der Waals surface area contributed by atoms with Gasteiger partial charge in [0.1, 0.15) is 0 Å². The van der Waals surface area contributed by atoms with Crippen molar-refractivity contribution in [2.75, 3.05) is 13.1 Å². The lowest BCUT2D eigenvalue weighted by atomic mass is 9.87. The third kappa shape index (κ3) is 2.58. The highest BCUT2D eigenvalue weighted by molar-refractivity contribution is 7.92. The van der Waals surface area contributed by atoms with Gasteiger partial charge in [-0.3, -0.25) is 0 Å². The predicted octanol–water partition coefficient (Wildman–Crippen LogP) is 1.83. The number of hydrogen-bond acceptors (Lipinski definition) is 2. The van der Waals surface area contributed by atoms with Crippen LogP contribution in [0.25, 0.3) is 0 Å². The van der Waals surface area contributed by atoms with E-state index in [2.05, 4.69) is 20.4 Å². The van der Waals surface area contributed by atoms with E-state index < -0.39 is 10.0 Å². The fraction of sp³-hybridized carbons (Fsp3) is 0.800. The third-order valence-corrected chi connectivity index (χ3v) is 4.52. The summed E-state index contributed by atoms with van der Waals surface area (Å²) in [5.74, 6) is 1.33. The zero-order valence-corrected chi connectivity index (χ0v) is 9.76. The summed E-state index contributed by atoms with van der Waals surface area (Å²) in [6.45, 7) is 9.03. The summed E-state index contributed by atoms with van der Waals surface area (Å²) in [7, 11) is -3.17. The first-order valence-electron chi connectivity index (χ1n) is 5.10. The number of sulfonamides is 1. The van der Waals surface area contributed by atoms with Gasteiger partial charge in [0.05, 0.1) is 0 Å². The van der Waals surface area contributed by atoms with Crippen molar-refractivity contribution in [1.82, 2.24) is 4.31 Å². The Kier molecular flexibility index (Phi) is 3.72. The maximum atomic E-state index is 11.4. The third-order valence-electron chi connectivity index (χ3n) is 3.01. The van der Waals surface area contributed by atoms with Gasteiger partial charge in [0.2, 0.25) is 10.0 Å². The minimum Gasteiger partial charge on any atom is -0.208 e. The smallest absolute Gasteiger partial charge is 0.208 e. The van der Waals surface area contributed by atoms with Crippen LogP contribution < -0.4 is 0 Å². The molecule has 0 atom stereocenters. The van der Waals surface area contributed by atoms with Crippen molar-refractivity contribution >= 4 is 10.0 Å². The Hall–Kier alpha value is -0.350. The molecular weight excluding hydrogens is 198 g/mol. The van der Waals surface area contributed by atoms with Crippen LogP contribution in [0.5, 0.6) is 0 Å². The molecule has 1 saturated heterocycles. The van der Waals surface area contributed by atoms with Gasteiger partial charge in [-0.25, -0.2) is 8.42 Å². The van der Waals surface area contributed by atoms with E-state index in [1.54, 1.807) is 0 Å². The summed E-state index contributed by atoms with van der Waals surface area (Å²) in [4.78, 5) is 0. The van der Waals surface area contributed by atoms with Gasteiger partial charge in [0, 0.05) is 18.5 Å².